The molecule has 0 radical (unpaired) electrons. The van der Waals surface area contributed by atoms with Gasteiger partial charge in [0, 0.05) is 19.1 Å². The van der Waals surface area contributed by atoms with E-state index >= 15 is 0 Å². The molecule has 1 N–H and O–H groups in total. The van der Waals surface area contributed by atoms with Gasteiger partial charge in [-0.25, -0.2) is 8.99 Å². The van der Waals surface area contributed by atoms with Crippen LogP contribution in [0.2, 0.25) is 0 Å². The molecule has 1 fully saturated rings. The zero-order valence-corrected chi connectivity index (χ0v) is 13.9. The number of ether oxygens (including phenoxy) is 2. The highest BCUT2D eigenvalue weighted by molar-refractivity contribution is 7.91. The molecule has 0 saturated carbocycles. The van der Waals surface area contributed by atoms with Gasteiger partial charge in [0.2, 0.25) is 0 Å². The Morgan fingerprint density at radius 1 is 1.38 bits per heavy atom. The molecule has 1 aliphatic heterocycles. The summed E-state index contributed by atoms with van der Waals surface area (Å²) in [6.45, 7) is 5.70. The van der Waals surface area contributed by atoms with Crippen LogP contribution >= 0.6 is 0 Å². The minimum atomic E-state index is -2.80. The maximum Gasteiger partial charge on any atom is 0.136 e. The zero-order valence-electron chi connectivity index (χ0n) is 13.1. The van der Waals surface area contributed by atoms with Crippen LogP contribution in [0, 0.1) is 10.7 Å². The van der Waals surface area contributed by atoms with Gasteiger partial charge in [-0.3, -0.25) is 0 Å². The highest BCUT2D eigenvalue weighted by atomic mass is 32.2. The molecule has 1 aliphatic rings. The fourth-order valence-corrected chi connectivity index (χ4v) is 3.40. The SMILES string of the molecule is CC(C)Cc1ccc(OC2CCOCC2)c(S(C)(=N)=O)c1. The molecule has 1 aromatic rings. The Labute approximate surface area is 127 Å². The molecule has 0 bridgehead atoms. The number of rotatable bonds is 5. The second-order valence-corrected chi connectivity index (χ2v) is 8.28. The van der Waals surface area contributed by atoms with E-state index in [1.807, 2.05) is 18.2 Å². The molecule has 5 heteroatoms. The van der Waals surface area contributed by atoms with Gasteiger partial charge >= 0.3 is 0 Å². The molecular weight excluding hydrogens is 286 g/mol. The van der Waals surface area contributed by atoms with Crippen molar-refractivity contribution in [1.29, 1.82) is 4.78 Å². The summed E-state index contributed by atoms with van der Waals surface area (Å²) in [5, 5.41) is 0. The average Bonchev–Trinajstić information content (AvgIpc) is 2.40. The van der Waals surface area contributed by atoms with Crippen molar-refractivity contribution in [3.05, 3.63) is 23.8 Å². The molecule has 1 heterocycles. The molecule has 0 aliphatic carbocycles. The third-order valence-electron chi connectivity index (χ3n) is 3.53. The molecule has 21 heavy (non-hydrogen) atoms. The first-order chi connectivity index (χ1) is 9.86. The summed E-state index contributed by atoms with van der Waals surface area (Å²) in [6, 6.07) is 5.77. The van der Waals surface area contributed by atoms with Gasteiger partial charge in [-0.15, -0.1) is 0 Å². The van der Waals surface area contributed by atoms with E-state index in [0.717, 1.165) is 24.8 Å². The Balaban J connectivity index is 2.26. The predicted molar refractivity (Wildman–Crippen MR) is 84.5 cm³/mol. The van der Waals surface area contributed by atoms with Gasteiger partial charge < -0.3 is 9.47 Å². The fraction of sp³-hybridized carbons (Fsp3) is 0.625. The van der Waals surface area contributed by atoms with Gasteiger partial charge in [-0.1, -0.05) is 19.9 Å². The van der Waals surface area contributed by atoms with Crippen LogP contribution in [0.25, 0.3) is 0 Å². The van der Waals surface area contributed by atoms with Crippen molar-refractivity contribution in [2.75, 3.05) is 19.5 Å². The summed E-state index contributed by atoms with van der Waals surface area (Å²) in [6.07, 6.45) is 4.15. The molecule has 1 saturated heterocycles. The summed E-state index contributed by atoms with van der Waals surface area (Å²) in [7, 11) is -2.80. The molecule has 118 valence electrons. The quantitative estimate of drug-likeness (QED) is 0.905. The Morgan fingerprint density at radius 3 is 2.62 bits per heavy atom. The summed E-state index contributed by atoms with van der Waals surface area (Å²) in [4.78, 5) is 0.521. The first-order valence-electron chi connectivity index (χ1n) is 7.47. The second-order valence-electron chi connectivity index (χ2n) is 6.15. The molecular formula is C16H25NO3S. The van der Waals surface area contributed by atoms with Crippen molar-refractivity contribution in [1.82, 2.24) is 0 Å². The smallest absolute Gasteiger partial charge is 0.136 e. The van der Waals surface area contributed by atoms with Crippen LogP contribution in [-0.4, -0.2) is 29.8 Å². The molecule has 0 spiro atoms. The minimum Gasteiger partial charge on any atom is -0.489 e. The predicted octanol–water partition coefficient (Wildman–Crippen LogP) is 3.48. The first kappa shape index (κ1) is 16.3. The van der Waals surface area contributed by atoms with Crippen LogP contribution in [-0.2, 0) is 20.9 Å². The first-order valence-corrected chi connectivity index (χ1v) is 9.44. The fourth-order valence-electron chi connectivity index (χ4n) is 2.53. The largest absolute Gasteiger partial charge is 0.489 e. The maximum absolute atomic E-state index is 12.3. The molecule has 0 aromatic heterocycles. The Kier molecular flexibility index (Phi) is 5.27. The van der Waals surface area contributed by atoms with Gasteiger partial charge in [0.05, 0.1) is 27.8 Å². The maximum atomic E-state index is 12.3. The van der Waals surface area contributed by atoms with Crippen LogP contribution in [0.15, 0.2) is 23.1 Å². The Hall–Kier alpha value is -1.07. The lowest BCUT2D eigenvalue weighted by molar-refractivity contribution is 0.0244. The van der Waals surface area contributed by atoms with Crippen molar-refractivity contribution in [2.45, 2.75) is 44.1 Å². The third-order valence-corrected chi connectivity index (χ3v) is 4.69. The van der Waals surface area contributed by atoms with Crippen molar-refractivity contribution in [3.63, 3.8) is 0 Å². The van der Waals surface area contributed by atoms with Gasteiger partial charge in [0.1, 0.15) is 11.9 Å². The molecule has 2 rings (SSSR count). The Bertz CT molecular complexity index is 575. The van der Waals surface area contributed by atoms with Gasteiger partial charge in [-0.2, -0.15) is 0 Å². The third kappa shape index (κ3) is 4.71. The number of nitrogens with one attached hydrogen (secondary N) is 1. The standard InChI is InChI=1S/C16H25NO3S/c1-12(2)10-13-4-5-15(16(11-13)21(3,17)18)20-14-6-8-19-9-7-14/h4-5,11-12,14,17H,6-10H2,1-3H3. The van der Waals surface area contributed by atoms with E-state index in [1.165, 1.54) is 6.26 Å². The zero-order chi connectivity index (χ0) is 15.5. The van der Waals surface area contributed by atoms with E-state index in [1.54, 1.807) is 0 Å². The lowest BCUT2D eigenvalue weighted by atomic mass is 10.0. The van der Waals surface area contributed by atoms with E-state index in [9.17, 15) is 4.21 Å². The molecule has 1 atom stereocenters. The van der Waals surface area contributed by atoms with E-state index in [0.29, 0.717) is 29.8 Å². The molecule has 1 aromatic carbocycles. The van der Waals surface area contributed by atoms with E-state index in [4.69, 9.17) is 14.3 Å². The monoisotopic (exact) mass is 311 g/mol. The van der Waals surface area contributed by atoms with Crippen LogP contribution in [0.3, 0.4) is 0 Å². The number of hydrogen-bond donors (Lipinski definition) is 1. The summed E-state index contributed by atoms with van der Waals surface area (Å²) < 4.78 is 31.5. The number of hydrogen-bond acceptors (Lipinski definition) is 4. The van der Waals surface area contributed by atoms with Crippen LogP contribution in [0.5, 0.6) is 5.75 Å². The van der Waals surface area contributed by atoms with Crippen molar-refractivity contribution < 1.29 is 13.7 Å². The number of benzene rings is 1. The normalized spacial score (nSPS) is 19.4. The summed E-state index contributed by atoms with van der Waals surface area (Å²) in [5.41, 5.74) is 1.11. The summed E-state index contributed by atoms with van der Waals surface area (Å²) >= 11 is 0. The summed E-state index contributed by atoms with van der Waals surface area (Å²) in [5.74, 6) is 1.12. The van der Waals surface area contributed by atoms with Crippen molar-refractivity contribution in [2.24, 2.45) is 5.92 Å². The van der Waals surface area contributed by atoms with Gasteiger partial charge in [0.15, 0.2) is 0 Å². The Morgan fingerprint density at radius 2 is 2.05 bits per heavy atom. The lowest BCUT2D eigenvalue weighted by Gasteiger charge is -2.25. The van der Waals surface area contributed by atoms with Gasteiger partial charge in [0.25, 0.3) is 0 Å². The second kappa shape index (κ2) is 6.79. The van der Waals surface area contributed by atoms with Crippen molar-refractivity contribution in [3.8, 4) is 5.75 Å². The molecule has 1 unspecified atom stereocenters. The lowest BCUT2D eigenvalue weighted by Crippen LogP contribution is -2.26. The molecule has 0 amide bonds. The topological polar surface area (TPSA) is 59.4 Å². The van der Waals surface area contributed by atoms with Crippen LogP contribution < -0.4 is 4.74 Å². The van der Waals surface area contributed by atoms with E-state index in [2.05, 4.69) is 13.8 Å². The molecule has 4 nitrogen and oxygen atoms in total. The van der Waals surface area contributed by atoms with Gasteiger partial charge in [-0.05, 0) is 30.0 Å². The van der Waals surface area contributed by atoms with Crippen molar-refractivity contribution >= 4 is 9.73 Å². The van der Waals surface area contributed by atoms with E-state index in [-0.39, 0.29) is 6.10 Å². The van der Waals surface area contributed by atoms with E-state index < -0.39 is 9.73 Å². The van der Waals surface area contributed by atoms with Crippen LogP contribution in [0.1, 0.15) is 32.3 Å². The average molecular weight is 311 g/mol. The van der Waals surface area contributed by atoms with Crippen LogP contribution in [0.4, 0.5) is 0 Å². The highest BCUT2D eigenvalue weighted by Gasteiger charge is 2.19. The minimum absolute atomic E-state index is 0.0928. The highest BCUT2D eigenvalue weighted by Crippen LogP contribution is 2.29.